The Bertz CT molecular complexity index is 493. The van der Waals surface area contributed by atoms with E-state index in [1.54, 1.807) is 20.8 Å². The van der Waals surface area contributed by atoms with E-state index in [-0.39, 0.29) is 18.7 Å². The van der Waals surface area contributed by atoms with Crippen molar-refractivity contribution < 1.29 is 18.4 Å². The molecule has 1 N–H and O–H groups in total. The summed E-state index contributed by atoms with van der Waals surface area (Å²) in [5, 5.41) is 2.50. The Hall–Kier alpha value is -1.78. The second-order valence-corrected chi connectivity index (χ2v) is 5.38. The fraction of sp³-hybridized carbons (Fsp3) is 0.429. The van der Waals surface area contributed by atoms with E-state index < -0.39 is 23.0 Å². The number of carbonyl (C=O) groups is 2. The third-order valence-electron chi connectivity index (χ3n) is 2.63. The van der Waals surface area contributed by atoms with Crippen LogP contribution in [0.5, 0.6) is 0 Å². The standard InChI is InChI=1S/C14H17F2NO2/c1-14(2,3)12(18)7-13(19)17-8-9-4-5-10(15)11(16)6-9/h4-6H,7-8H2,1-3H3,(H,17,19). The zero-order chi connectivity index (χ0) is 14.6. The molecule has 1 aromatic carbocycles. The van der Waals surface area contributed by atoms with Crippen LogP contribution in [0.1, 0.15) is 32.8 Å². The molecule has 0 bridgehead atoms. The summed E-state index contributed by atoms with van der Waals surface area (Å²) in [7, 11) is 0. The summed E-state index contributed by atoms with van der Waals surface area (Å²) in [6.45, 7) is 5.27. The van der Waals surface area contributed by atoms with Crippen molar-refractivity contribution in [2.75, 3.05) is 0 Å². The molecule has 5 heteroatoms. The second kappa shape index (κ2) is 5.91. The van der Waals surface area contributed by atoms with Crippen molar-refractivity contribution in [1.29, 1.82) is 0 Å². The maximum Gasteiger partial charge on any atom is 0.227 e. The van der Waals surface area contributed by atoms with Crippen LogP contribution in [0.3, 0.4) is 0 Å². The third-order valence-corrected chi connectivity index (χ3v) is 2.63. The van der Waals surface area contributed by atoms with E-state index >= 15 is 0 Å². The molecule has 1 rings (SSSR count). The van der Waals surface area contributed by atoms with Gasteiger partial charge in [-0.3, -0.25) is 9.59 Å². The van der Waals surface area contributed by atoms with Gasteiger partial charge in [0.05, 0.1) is 6.42 Å². The highest BCUT2D eigenvalue weighted by molar-refractivity contribution is 6.00. The maximum absolute atomic E-state index is 12.9. The summed E-state index contributed by atoms with van der Waals surface area (Å²) in [6, 6.07) is 3.39. The molecule has 0 unspecified atom stereocenters. The van der Waals surface area contributed by atoms with Gasteiger partial charge in [-0.15, -0.1) is 0 Å². The largest absolute Gasteiger partial charge is 0.352 e. The average molecular weight is 269 g/mol. The lowest BCUT2D eigenvalue weighted by Crippen LogP contribution is -2.30. The van der Waals surface area contributed by atoms with E-state index in [0.29, 0.717) is 5.56 Å². The molecule has 1 amide bonds. The van der Waals surface area contributed by atoms with Gasteiger partial charge in [0.2, 0.25) is 5.91 Å². The van der Waals surface area contributed by atoms with E-state index in [9.17, 15) is 18.4 Å². The molecular formula is C14H17F2NO2. The van der Waals surface area contributed by atoms with Gasteiger partial charge >= 0.3 is 0 Å². The number of ketones is 1. The zero-order valence-corrected chi connectivity index (χ0v) is 11.2. The SMILES string of the molecule is CC(C)(C)C(=O)CC(=O)NCc1ccc(F)c(F)c1. The first-order chi connectivity index (χ1) is 8.70. The molecule has 0 saturated carbocycles. The van der Waals surface area contributed by atoms with Crippen LogP contribution >= 0.6 is 0 Å². The Morgan fingerprint density at radius 2 is 1.79 bits per heavy atom. The van der Waals surface area contributed by atoms with Crippen LogP contribution in [0.4, 0.5) is 8.78 Å². The van der Waals surface area contributed by atoms with Crippen molar-refractivity contribution in [2.24, 2.45) is 5.41 Å². The molecule has 0 aromatic heterocycles. The highest BCUT2D eigenvalue weighted by atomic mass is 19.2. The predicted molar refractivity (Wildman–Crippen MR) is 67.3 cm³/mol. The first kappa shape index (κ1) is 15.3. The van der Waals surface area contributed by atoms with Crippen molar-refractivity contribution in [1.82, 2.24) is 5.32 Å². The number of hydrogen-bond donors (Lipinski definition) is 1. The Labute approximate surface area is 111 Å². The summed E-state index contributed by atoms with van der Waals surface area (Å²) in [5.41, 5.74) is -0.130. The topological polar surface area (TPSA) is 46.2 Å². The van der Waals surface area contributed by atoms with Crippen molar-refractivity contribution in [3.63, 3.8) is 0 Å². The van der Waals surface area contributed by atoms with Crippen LogP contribution in [0.15, 0.2) is 18.2 Å². The zero-order valence-electron chi connectivity index (χ0n) is 11.2. The molecule has 0 radical (unpaired) electrons. The summed E-state index contributed by atoms with van der Waals surface area (Å²) in [4.78, 5) is 23.1. The van der Waals surface area contributed by atoms with Gasteiger partial charge in [0.15, 0.2) is 11.6 Å². The van der Waals surface area contributed by atoms with Crippen LogP contribution < -0.4 is 5.32 Å². The summed E-state index contributed by atoms with van der Waals surface area (Å²) in [6.07, 6.45) is -0.215. The van der Waals surface area contributed by atoms with Crippen LogP contribution in [0.2, 0.25) is 0 Å². The Kier molecular flexibility index (Phi) is 4.75. The van der Waals surface area contributed by atoms with Gasteiger partial charge in [0, 0.05) is 12.0 Å². The van der Waals surface area contributed by atoms with Gasteiger partial charge in [0.1, 0.15) is 5.78 Å². The minimum atomic E-state index is -0.961. The molecule has 0 aliphatic rings. The van der Waals surface area contributed by atoms with Gasteiger partial charge in [-0.1, -0.05) is 26.8 Å². The second-order valence-electron chi connectivity index (χ2n) is 5.38. The van der Waals surface area contributed by atoms with Gasteiger partial charge in [-0.05, 0) is 17.7 Å². The van der Waals surface area contributed by atoms with Crippen LogP contribution in [0.25, 0.3) is 0 Å². The van der Waals surface area contributed by atoms with Gasteiger partial charge in [-0.25, -0.2) is 8.78 Å². The van der Waals surface area contributed by atoms with Crippen LogP contribution in [0, 0.1) is 17.0 Å². The monoisotopic (exact) mass is 269 g/mol. The lowest BCUT2D eigenvalue weighted by atomic mass is 9.89. The molecule has 0 aliphatic carbocycles. The first-order valence-corrected chi connectivity index (χ1v) is 5.94. The van der Waals surface area contributed by atoms with Crippen LogP contribution in [-0.2, 0) is 16.1 Å². The molecule has 104 valence electrons. The number of hydrogen-bond acceptors (Lipinski definition) is 2. The van der Waals surface area contributed by atoms with E-state index in [1.165, 1.54) is 6.07 Å². The average Bonchev–Trinajstić information content (AvgIpc) is 2.29. The summed E-state index contributed by atoms with van der Waals surface area (Å²) >= 11 is 0. The summed E-state index contributed by atoms with van der Waals surface area (Å²) in [5.74, 6) is -2.49. The molecule has 0 heterocycles. The fourth-order valence-corrected chi connectivity index (χ4v) is 1.32. The molecule has 0 atom stereocenters. The molecule has 0 aliphatic heterocycles. The highest BCUT2D eigenvalue weighted by Gasteiger charge is 2.23. The predicted octanol–water partition coefficient (Wildman–Crippen LogP) is 2.59. The van der Waals surface area contributed by atoms with Gasteiger partial charge in [-0.2, -0.15) is 0 Å². The smallest absolute Gasteiger partial charge is 0.227 e. The van der Waals surface area contributed by atoms with E-state index in [1.807, 2.05) is 0 Å². The molecule has 1 aromatic rings. The maximum atomic E-state index is 12.9. The number of carbonyl (C=O) groups excluding carboxylic acids is 2. The Morgan fingerprint density at radius 3 is 2.32 bits per heavy atom. The van der Waals surface area contributed by atoms with Crippen molar-refractivity contribution in [3.8, 4) is 0 Å². The molecule has 19 heavy (non-hydrogen) atoms. The normalized spacial score (nSPS) is 11.2. The van der Waals surface area contributed by atoms with E-state index in [2.05, 4.69) is 5.32 Å². The molecule has 0 saturated heterocycles. The lowest BCUT2D eigenvalue weighted by Gasteiger charge is -2.16. The molecule has 0 spiro atoms. The molecule has 3 nitrogen and oxygen atoms in total. The van der Waals surface area contributed by atoms with Crippen molar-refractivity contribution in [2.45, 2.75) is 33.7 Å². The number of nitrogens with one attached hydrogen (secondary N) is 1. The number of Topliss-reactive ketones (excluding diaryl/α,β-unsaturated/α-hetero) is 1. The highest BCUT2D eigenvalue weighted by Crippen LogP contribution is 2.16. The Balaban J connectivity index is 2.51. The molecular weight excluding hydrogens is 252 g/mol. The lowest BCUT2D eigenvalue weighted by molar-refractivity contribution is -0.132. The van der Waals surface area contributed by atoms with Crippen molar-refractivity contribution >= 4 is 11.7 Å². The Morgan fingerprint density at radius 1 is 1.16 bits per heavy atom. The number of halogens is 2. The number of amides is 1. The minimum Gasteiger partial charge on any atom is -0.352 e. The van der Waals surface area contributed by atoms with E-state index in [4.69, 9.17) is 0 Å². The fourth-order valence-electron chi connectivity index (χ4n) is 1.32. The number of rotatable bonds is 4. The minimum absolute atomic E-state index is 0.0630. The van der Waals surface area contributed by atoms with E-state index in [0.717, 1.165) is 12.1 Å². The first-order valence-electron chi connectivity index (χ1n) is 5.94. The van der Waals surface area contributed by atoms with Gasteiger partial charge in [0.25, 0.3) is 0 Å². The van der Waals surface area contributed by atoms with Gasteiger partial charge < -0.3 is 5.32 Å². The number of benzene rings is 1. The van der Waals surface area contributed by atoms with Crippen LogP contribution in [-0.4, -0.2) is 11.7 Å². The molecule has 0 fully saturated rings. The van der Waals surface area contributed by atoms with Crippen molar-refractivity contribution in [3.05, 3.63) is 35.4 Å². The summed E-state index contributed by atoms with van der Waals surface area (Å²) < 4.78 is 25.6. The quantitative estimate of drug-likeness (QED) is 0.854. The third kappa shape index (κ3) is 4.77.